The molecule has 0 atom stereocenters. The highest BCUT2D eigenvalue weighted by Gasteiger charge is 2.43. The number of nitrogens with zero attached hydrogens (tertiary/aromatic N) is 3. The third-order valence-electron chi connectivity index (χ3n) is 4.32. The highest BCUT2D eigenvalue weighted by molar-refractivity contribution is 6.05. The van der Waals surface area contributed by atoms with Crippen molar-refractivity contribution in [3.05, 3.63) is 29.6 Å². The molecule has 0 aromatic heterocycles. The van der Waals surface area contributed by atoms with E-state index in [0.29, 0.717) is 18.9 Å². The van der Waals surface area contributed by atoms with Gasteiger partial charge in [0.25, 0.3) is 0 Å². The molecule has 1 saturated carbocycles. The summed E-state index contributed by atoms with van der Waals surface area (Å²) in [4.78, 5) is 9.58. The van der Waals surface area contributed by atoms with E-state index in [1.54, 1.807) is 0 Å². The predicted octanol–water partition coefficient (Wildman–Crippen LogP) is 2.95. The van der Waals surface area contributed by atoms with Crippen LogP contribution in [0.4, 0.5) is 23.2 Å². The molecule has 1 spiro atoms. The number of hydrogen-bond acceptors (Lipinski definition) is 5. The monoisotopic (exact) mass is 343 g/mol. The lowest BCUT2D eigenvalue weighted by atomic mass is 9.87. The second-order valence-electron chi connectivity index (χ2n) is 6.01. The van der Waals surface area contributed by atoms with Crippen molar-refractivity contribution in [1.29, 1.82) is 0 Å². The van der Waals surface area contributed by atoms with Gasteiger partial charge in [0.1, 0.15) is 11.5 Å². The second-order valence-corrected chi connectivity index (χ2v) is 6.01. The Morgan fingerprint density at radius 1 is 1.04 bits per heavy atom. The van der Waals surface area contributed by atoms with Crippen molar-refractivity contribution >= 4 is 17.6 Å². The summed E-state index contributed by atoms with van der Waals surface area (Å²) in [6.07, 6.45) is -0.923. The molecule has 0 radical (unpaired) electrons. The van der Waals surface area contributed by atoms with Crippen LogP contribution in [0.15, 0.2) is 28.2 Å². The maximum absolute atomic E-state index is 13.8. The number of halogens is 4. The molecule has 1 aromatic carbocycles. The van der Waals surface area contributed by atoms with E-state index < -0.39 is 23.2 Å². The number of benzene rings is 1. The average molecular weight is 343 g/mol. The maximum Gasteiger partial charge on any atom is 0.416 e. The van der Waals surface area contributed by atoms with Crippen LogP contribution < -0.4 is 16.4 Å². The summed E-state index contributed by atoms with van der Waals surface area (Å²) >= 11 is 0. The smallest absolute Gasteiger partial charge is 0.369 e. The Bertz CT molecular complexity index is 704. The van der Waals surface area contributed by atoms with Gasteiger partial charge in [-0.3, -0.25) is 4.90 Å². The maximum atomic E-state index is 13.8. The Morgan fingerprint density at radius 2 is 1.71 bits per heavy atom. The van der Waals surface area contributed by atoms with E-state index in [2.05, 4.69) is 9.98 Å². The molecular weight excluding hydrogens is 326 g/mol. The minimum absolute atomic E-state index is 0.0157. The number of guanidine groups is 2. The zero-order chi connectivity index (χ0) is 17.5. The van der Waals surface area contributed by atoms with Crippen LogP contribution in [0.3, 0.4) is 0 Å². The number of aliphatic imine (C=N–C) groups is 2. The van der Waals surface area contributed by atoms with Crippen molar-refractivity contribution in [2.45, 2.75) is 43.9 Å². The summed E-state index contributed by atoms with van der Waals surface area (Å²) in [5.74, 6) is -1.10. The molecule has 1 aliphatic heterocycles. The third kappa shape index (κ3) is 2.90. The summed E-state index contributed by atoms with van der Waals surface area (Å²) in [5, 5.41) is 0. The summed E-state index contributed by atoms with van der Waals surface area (Å²) < 4.78 is 52.8. The van der Waals surface area contributed by atoms with E-state index in [1.807, 2.05) is 0 Å². The lowest BCUT2D eigenvalue weighted by Crippen LogP contribution is -2.58. The fourth-order valence-corrected chi connectivity index (χ4v) is 3.36. The first-order chi connectivity index (χ1) is 11.2. The number of alkyl halides is 3. The van der Waals surface area contributed by atoms with E-state index in [9.17, 15) is 17.6 Å². The van der Waals surface area contributed by atoms with Crippen LogP contribution in [0.2, 0.25) is 0 Å². The fraction of sp³-hybridized carbons (Fsp3) is 0.467. The van der Waals surface area contributed by atoms with Gasteiger partial charge in [0.15, 0.2) is 0 Å². The zero-order valence-corrected chi connectivity index (χ0v) is 12.8. The van der Waals surface area contributed by atoms with Crippen molar-refractivity contribution in [3.63, 3.8) is 0 Å². The molecule has 24 heavy (non-hydrogen) atoms. The largest absolute Gasteiger partial charge is 0.416 e. The Labute approximate surface area is 136 Å². The van der Waals surface area contributed by atoms with Gasteiger partial charge in [0.05, 0.1) is 5.56 Å². The zero-order valence-electron chi connectivity index (χ0n) is 12.8. The molecule has 9 heteroatoms. The second kappa shape index (κ2) is 5.64. The normalized spacial score (nSPS) is 20.8. The average Bonchev–Trinajstić information content (AvgIpc) is 2.45. The molecule has 1 aliphatic carbocycles. The first-order valence-electron chi connectivity index (χ1n) is 7.59. The SMILES string of the molecule is NC1=NC2(CCCCC2)N(c2cc(F)cc(C(F)(F)F)c2)C(N)=N1. The predicted molar refractivity (Wildman–Crippen MR) is 82.9 cm³/mol. The minimum atomic E-state index is -4.67. The van der Waals surface area contributed by atoms with Crippen molar-refractivity contribution in [2.24, 2.45) is 21.5 Å². The third-order valence-corrected chi connectivity index (χ3v) is 4.32. The van der Waals surface area contributed by atoms with Crippen LogP contribution in [0.25, 0.3) is 0 Å². The Hall–Kier alpha value is -2.32. The van der Waals surface area contributed by atoms with Gasteiger partial charge < -0.3 is 11.5 Å². The highest BCUT2D eigenvalue weighted by Crippen LogP contribution is 2.41. The summed E-state index contributed by atoms with van der Waals surface area (Å²) in [5.41, 5.74) is 9.61. The molecule has 130 valence electrons. The number of hydrogen-bond donors (Lipinski definition) is 2. The standard InChI is InChI=1S/C15H17F4N5/c16-10-6-9(15(17,18)19)7-11(8-10)24-13(21)22-12(20)23-14(24)4-2-1-3-5-14/h6-8H,1-5H2,(H4,20,21,22,23). The molecule has 0 bridgehead atoms. The van der Waals surface area contributed by atoms with Gasteiger partial charge in [-0.05, 0) is 43.9 Å². The molecule has 2 aliphatic rings. The van der Waals surface area contributed by atoms with Gasteiger partial charge in [-0.1, -0.05) is 6.42 Å². The molecule has 0 unspecified atom stereocenters. The summed E-state index contributed by atoms with van der Waals surface area (Å²) in [7, 11) is 0. The van der Waals surface area contributed by atoms with Crippen molar-refractivity contribution < 1.29 is 17.6 Å². The molecule has 0 amide bonds. The topological polar surface area (TPSA) is 80.0 Å². The van der Waals surface area contributed by atoms with Gasteiger partial charge in [0, 0.05) is 5.69 Å². The molecule has 5 nitrogen and oxygen atoms in total. The van der Waals surface area contributed by atoms with Crippen LogP contribution in [0.5, 0.6) is 0 Å². The fourth-order valence-electron chi connectivity index (χ4n) is 3.36. The van der Waals surface area contributed by atoms with Crippen LogP contribution in [-0.4, -0.2) is 17.6 Å². The van der Waals surface area contributed by atoms with Crippen LogP contribution in [0.1, 0.15) is 37.7 Å². The number of nitrogens with two attached hydrogens (primary N) is 2. The van der Waals surface area contributed by atoms with Crippen molar-refractivity contribution in [2.75, 3.05) is 4.90 Å². The van der Waals surface area contributed by atoms with E-state index in [1.165, 1.54) is 4.90 Å². The van der Waals surface area contributed by atoms with Gasteiger partial charge in [-0.15, -0.1) is 0 Å². The van der Waals surface area contributed by atoms with E-state index in [4.69, 9.17) is 11.5 Å². The molecule has 1 fully saturated rings. The van der Waals surface area contributed by atoms with Crippen molar-refractivity contribution in [3.8, 4) is 0 Å². The van der Waals surface area contributed by atoms with Crippen LogP contribution in [0, 0.1) is 5.82 Å². The molecule has 0 saturated heterocycles. The Kier molecular flexibility index (Phi) is 3.89. The quantitative estimate of drug-likeness (QED) is 0.770. The molecule has 1 aromatic rings. The van der Waals surface area contributed by atoms with Crippen LogP contribution >= 0.6 is 0 Å². The van der Waals surface area contributed by atoms with E-state index in [-0.39, 0.29) is 17.6 Å². The molecule has 1 heterocycles. The van der Waals surface area contributed by atoms with Gasteiger partial charge in [-0.2, -0.15) is 18.2 Å². The molecule has 4 N–H and O–H groups in total. The first kappa shape index (κ1) is 16.5. The summed E-state index contributed by atoms with van der Waals surface area (Å²) in [6.45, 7) is 0. The van der Waals surface area contributed by atoms with Crippen molar-refractivity contribution in [1.82, 2.24) is 0 Å². The highest BCUT2D eigenvalue weighted by atomic mass is 19.4. The van der Waals surface area contributed by atoms with Crippen LogP contribution in [-0.2, 0) is 6.18 Å². The molecule has 3 rings (SSSR count). The number of anilines is 1. The van der Waals surface area contributed by atoms with E-state index in [0.717, 1.165) is 31.4 Å². The van der Waals surface area contributed by atoms with Gasteiger partial charge in [0.2, 0.25) is 11.9 Å². The van der Waals surface area contributed by atoms with Gasteiger partial charge >= 0.3 is 6.18 Å². The number of rotatable bonds is 1. The molecular formula is C15H17F4N5. The lowest BCUT2D eigenvalue weighted by molar-refractivity contribution is -0.137. The first-order valence-corrected chi connectivity index (χ1v) is 7.59. The Morgan fingerprint density at radius 3 is 2.33 bits per heavy atom. The van der Waals surface area contributed by atoms with Gasteiger partial charge in [-0.25, -0.2) is 9.38 Å². The van der Waals surface area contributed by atoms with E-state index >= 15 is 0 Å². The lowest BCUT2D eigenvalue weighted by Gasteiger charge is -2.45. The summed E-state index contributed by atoms with van der Waals surface area (Å²) in [6, 6.07) is 2.32. The minimum Gasteiger partial charge on any atom is -0.369 e. The Balaban J connectivity index is 2.12.